The van der Waals surface area contributed by atoms with Gasteiger partial charge in [-0.25, -0.2) is 9.18 Å². The maximum absolute atomic E-state index is 13.3. The minimum Gasteiger partial charge on any atom is -0.450 e. The number of benzene rings is 1. The van der Waals surface area contributed by atoms with Gasteiger partial charge in [-0.05, 0) is 38.0 Å². The molecule has 0 bridgehead atoms. The minimum absolute atomic E-state index is 0.0314. The Bertz CT molecular complexity index is 548. The molecule has 21 heavy (non-hydrogen) atoms. The normalized spacial score (nSPS) is 15.4. The highest BCUT2D eigenvalue weighted by Crippen LogP contribution is 2.19. The number of carbonyl (C=O) groups is 1. The van der Waals surface area contributed by atoms with Crippen LogP contribution in [0.3, 0.4) is 0 Å². The monoisotopic (exact) mass is 291 g/mol. The summed E-state index contributed by atoms with van der Waals surface area (Å²) in [4.78, 5) is 13.3. The molecule has 0 spiro atoms. The van der Waals surface area contributed by atoms with Crippen molar-refractivity contribution in [2.45, 2.75) is 25.8 Å². The number of rotatable bonds is 3. The molecule has 1 fully saturated rings. The molecule has 0 aliphatic carbocycles. The molecule has 0 atom stereocenters. The fourth-order valence-corrected chi connectivity index (χ4v) is 2.36. The van der Waals surface area contributed by atoms with Crippen LogP contribution >= 0.6 is 0 Å². The van der Waals surface area contributed by atoms with E-state index in [2.05, 4.69) is 5.32 Å². The van der Waals surface area contributed by atoms with Crippen molar-refractivity contribution in [1.29, 1.82) is 5.26 Å². The second kappa shape index (κ2) is 6.93. The second-order valence-electron chi connectivity index (χ2n) is 4.91. The lowest BCUT2D eigenvalue weighted by atomic mass is 10.0. The number of carbonyl (C=O) groups excluding carboxylic acids is 1. The lowest BCUT2D eigenvalue weighted by Crippen LogP contribution is -2.42. The van der Waals surface area contributed by atoms with E-state index in [0.717, 1.165) is 18.5 Å². The molecule has 6 heteroatoms. The molecule has 1 heterocycles. The molecule has 5 nitrogen and oxygen atoms in total. The van der Waals surface area contributed by atoms with Gasteiger partial charge in [-0.2, -0.15) is 5.26 Å². The van der Waals surface area contributed by atoms with E-state index < -0.39 is 5.82 Å². The number of halogens is 1. The SMILES string of the molecule is CCOC(=O)N1CCC(Nc2ccc(F)c(C#N)c2)CC1. The van der Waals surface area contributed by atoms with Gasteiger partial charge < -0.3 is 15.0 Å². The van der Waals surface area contributed by atoms with Crippen molar-refractivity contribution in [2.75, 3.05) is 25.0 Å². The van der Waals surface area contributed by atoms with Crippen LogP contribution in [0.5, 0.6) is 0 Å². The maximum Gasteiger partial charge on any atom is 0.409 e. The number of anilines is 1. The first kappa shape index (κ1) is 15.1. The Balaban J connectivity index is 1.89. The highest BCUT2D eigenvalue weighted by Gasteiger charge is 2.23. The number of piperidine rings is 1. The van der Waals surface area contributed by atoms with Crippen molar-refractivity contribution in [3.8, 4) is 6.07 Å². The van der Waals surface area contributed by atoms with E-state index in [-0.39, 0.29) is 17.7 Å². The molecule has 0 unspecified atom stereocenters. The Morgan fingerprint density at radius 1 is 1.52 bits per heavy atom. The molecule has 1 aromatic carbocycles. The molecule has 1 N–H and O–H groups in total. The van der Waals surface area contributed by atoms with Gasteiger partial charge in [0.05, 0.1) is 12.2 Å². The molecule has 1 amide bonds. The maximum atomic E-state index is 13.3. The predicted octanol–water partition coefficient (Wildman–Crippen LogP) is 2.73. The zero-order valence-corrected chi connectivity index (χ0v) is 11.9. The third-order valence-corrected chi connectivity index (χ3v) is 3.48. The highest BCUT2D eigenvalue weighted by molar-refractivity contribution is 5.67. The fourth-order valence-electron chi connectivity index (χ4n) is 2.36. The van der Waals surface area contributed by atoms with Crippen LogP contribution < -0.4 is 5.32 Å². The Morgan fingerprint density at radius 2 is 2.24 bits per heavy atom. The summed E-state index contributed by atoms with van der Waals surface area (Å²) in [5.41, 5.74) is 0.756. The number of hydrogen-bond acceptors (Lipinski definition) is 4. The smallest absolute Gasteiger partial charge is 0.409 e. The summed E-state index contributed by atoms with van der Waals surface area (Å²) in [6.07, 6.45) is 1.31. The van der Waals surface area contributed by atoms with Crippen molar-refractivity contribution < 1.29 is 13.9 Å². The zero-order valence-electron chi connectivity index (χ0n) is 11.9. The summed E-state index contributed by atoms with van der Waals surface area (Å²) in [5, 5.41) is 12.1. The molecule has 2 rings (SSSR count). The van der Waals surface area contributed by atoms with Gasteiger partial charge in [-0.3, -0.25) is 0 Å². The Kier molecular flexibility index (Phi) is 4.99. The first-order valence-corrected chi connectivity index (χ1v) is 7.02. The van der Waals surface area contributed by atoms with Gasteiger partial charge in [0.25, 0.3) is 0 Å². The van der Waals surface area contributed by atoms with Crippen LogP contribution in [0.2, 0.25) is 0 Å². The van der Waals surface area contributed by atoms with E-state index in [4.69, 9.17) is 10.00 Å². The number of nitriles is 1. The summed E-state index contributed by atoms with van der Waals surface area (Å²) in [7, 11) is 0. The van der Waals surface area contributed by atoms with E-state index >= 15 is 0 Å². The second-order valence-corrected chi connectivity index (χ2v) is 4.91. The quantitative estimate of drug-likeness (QED) is 0.930. The number of nitrogens with zero attached hydrogens (tertiary/aromatic N) is 2. The summed E-state index contributed by atoms with van der Waals surface area (Å²) in [5.74, 6) is -0.514. The molecule has 1 aromatic rings. The standard InChI is InChI=1S/C15H18FN3O2/c1-2-21-15(20)19-7-5-12(6-8-19)18-13-3-4-14(16)11(9-13)10-17/h3-4,9,12,18H,2,5-8H2,1H3. The molecular formula is C15H18FN3O2. The van der Waals surface area contributed by atoms with Crippen LogP contribution in [-0.4, -0.2) is 36.7 Å². The average Bonchev–Trinajstić information content (AvgIpc) is 2.50. The van der Waals surface area contributed by atoms with Gasteiger partial charge in [-0.15, -0.1) is 0 Å². The number of nitrogens with one attached hydrogen (secondary N) is 1. The fraction of sp³-hybridized carbons (Fsp3) is 0.467. The van der Waals surface area contributed by atoms with Crippen molar-refractivity contribution >= 4 is 11.8 Å². The van der Waals surface area contributed by atoms with Gasteiger partial charge in [0.1, 0.15) is 11.9 Å². The Hall–Kier alpha value is -2.29. The molecule has 1 saturated heterocycles. The van der Waals surface area contributed by atoms with E-state index in [1.807, 2.05) is 6.07 Å². The third kappa shape index (κ3) is 3.85. The van der Waals surface area contributed by atoms with Crippen LogP contribution in [0.15, 0.2) is 18.2 Å². The van der Waals surface area contributed by atoms with Crippen LogP contribution in [-0.2, 0) is 4.74 Å². The summed E-state index contributed by atoms with van der Waals surface area (Å²) in [6.45, 7) is 3.42. The van der Waals surface area contributed by atoms with Crippen LogP contribution in [0.4, 0.5) is 14.9 Å². The van der Waals surface area contributed by atoms with E-state index in [1.165, 1.54) is 12.1 Å². The topological polar surface area (TPSA) is 65.4 Å². The molecule has 0 radical (unpaired) electrons. The third-order valence-electron chi connectivity index (χ3n) is 3.48. The zero-order chi connectivity index (χ0) is 15.2. The first-order valence-electron chi connectivity index (χ1n) is 7.02. The van der Waals surface area contributed by atoms with Crippen molar-refractivity contribution in [3.63, 3.8) is 0 Å². The number of likely N-dealkylation sites (tertiary alicyclic amines) is 1. The van der Waals surface area contributed by atoms with E-state index in [1.54, 1.807) is 17.9 Å². The van der Waals surface area contributed by atoms with Gasteiger partial charge in [-0.1, -0.05) is 0 Å². The molecule has 1 aliphatic heterocycles. The number of amides is 1. The first-order chi connectivity index (χ1) is 10.1. The van der Waals surface area contributed by atoms with Crippen molar-refractivity contribution in [1.82, 2.24) is 4.90 Å². The van der Waals surface area contributed by atoms with Crippen LogP contribution in [0.25, 0.3) is 0 Å². The Labute approximate surface area is 123 Å². The summed E-state index contributed by atoms with van der Waals surface area (Å²) in [6, 6.07) is 6.44. The molecule has 0 saturated carbocycles. The molecular weight excluding hydrogens is 273 g/mol. The molecule has 0 aromatic heterocycles. The largest absolute Gasteiger partial charge is 0.450 e. The van der Waals surface area contributed by atoms with Crippen molar-refractivity contribution in [2.24, 2.45) is 0 Å². The summed E-state index contributed by atoms with van der Waals surface area (Å²) < 4.78 is 18.2. The van der Waals surface area contributed by atoms with E-state index in [0.29, 0.717) is 19.7 Å². The molecule has 1 aliphatic rings. The summed E-state index contributed by atoms with van der Waals surface area (Å²) >= 11 is 0. The van der Waals surface area contributed by atoms with E-state index in [9.17, 15) is 9.18 Å². The van der Waals surface area contributed by atoms with Crippen LogP contribution in [0.1, 0.15) is 25.3 Å². The predicted molar refractivity (Wildman–Crippen MR) is 76.4 cm³/mol. The highest BCUT2D eigenvalue weighted by atomic mass is 19.1. The van der Waals surface area contributed by atoms with Gasteiger partial charge >= 0.3 is 6.09 Å². The number of hydrogen-bond donors (Lipinski definition) is 1. The Morgan fingerprint density at radius 3 is 2.86 bits per heavy atom. The van der Waals surface area contributed by atoms with Gasteiger partial charge in [0.2, 0.25) is 0 Å². The minimum atomic E-state index is -0.514. The molecule has 112 valence electrons. The lowest BCUT2D eigenvalue weighted by Gasteiger charge is -2.32. The van der Waals surface area contributed by atoms with Gasteiger partial charge in [0, 0.05) is 24.8 Å². The van der Waals surface area contributed by atoms with Crippen molar-refractivity contribution in [3.05, 3.63) is 29.6 Å². The number of ether oxygens (including phenoxy) is 1. The van der Waals surface area contributed by atoms with Gasteiger partial charge in [0.15, 0.2) is 0 Å². The average molecular weight is 291 g/mol. The lowest BCUT2D eigenvalue weighted by molar-refractivity contribution is 0.0983. The van der Waals surface area contributed by atoms with Crippen LogP contribution in [0, 0.1) is 17.1 Å².